The van der Waals surface area contributed by atoms with Crippen LogP contribution in [-0.4, -0.2) is 43.0 Å². The smallest absolute Gasteiger partial charge is 0.221 e. The molecule has 1 saturated heterocycles. The van der Waals surface area contributed by atoms with Gasteiger partial charge in [-0.05, 0) is 31.3 Å². The van der Waals surface area contributed by atoms with Crippen molar-refractivity contribution in [3.63, 3.8) is 0 Å². The topological polar surface area (TPSA) is 58.4 Å². The van der Waals surface area contributed by atoms with Crippen LogP contribution >= 0.6 is 0 Å². The highest BCUT2D eigenvalue weighted by molar-refractivity contribution is 5.77. The fourth-order valence-electron chi connectivity index (χ4n) is 2.34. The Morgan fingerprint density at radius 2 is 2.11 bits per heavy atom. The van der Waals surface area contributed by atoms with Crippen molar-refractivity contribution in [2.24, 2.45) is 17.1 Å². The number of rotatable bonds is 3. The highest BCUT2D eigenvalue weighted by atomic mass is 16.1. The van der Waals surface area contributed by atoms with Crippen LogP contribution in [0.25, 0.3) is 0 Å². The van der Waals surface area contributed by atoms with Crippen molar-refractivity contribution < 1.29 is 4.79 Å². The second-order valence-corrected chi connectivity index (χ2v) is 6.88. The number of carbonyl (C=O) groups is 1. The standard InChI is InChI=1S/C14H29N3O/c1-10-9-17(5)7-6-11(10)16-13(18)8-12(15)14(2,3)4/h10-12H,6-9,15H2,1-5H3,(H,16,18). The first-order valence-corrected chi connectivity index (χ1v) is 6.93. The first kappa shape index (κ1) is 15.4. The molecule has 0 aromatic heterocycles. The summed E-state index contributed by atoms with van der Waals surface area (Å²) < 4.78 is 0. The van der Waals surface area contributed by atoms with Crippen LogP contribution in [0.1, 0.15) is 40.5 Å². The predicted octanol–water partition coefficient (Wildman–Crippen LogP) is 1.21. The number of piperidine rings is 1. The van der Waals surface area contributed by atoms with Crippen molar-refractivity contribution in [3.8, 4) is 0 Å². The molecule has 0 spiro atoms. The average Bonchev–Trinajstić information content (AvgIpc) is 2.20. The Kier molecular flexibility index (Phi) is 5.17. The summed E-state index contributed by atoms with van der Waals surface area (Å²) in [6, 6.07) is 0.222. The fourth-order valence-corrected chi connectivity index (χ4v) is 2.34. The first-order chi connectivity index (χ1) is 8.20. The third-order valence-corrected chi connectivity index (χ3v) is 3.97. The predicted molar refractivity (Wildman–Crippen MR) is 75.3 cm³/mol. The maximum atomic E-state index is 12.0. The molecule has 1 aliphatic heterocycles. The SMILES string of the molecule is CC1CN(C)CCC1NC(=O)CC(N)C(C)(C)C. The van der Waals surface area contributed by atoms with Crippen molar-refractivity contribution in [3.05, 3.63) is 0 Å². The Morgan fingerprint density at radius 1 is 1.50 bits per heavy atom. The molecular formula is C14H29N3O. The number of amides is 1. The number of nitrogens with zero attached hydrogens (tertiary/aromatic N) is 1. The molecule has 3 atom stereocenters. The van der Waals surface area contributed by atoms with Gasteiger partial charge in [-0.2, -0.15) is 0 Å². The molecule has 3 N–H and O–H groups in total. The maximum absolute atomic E-state index is 12.0. The van der Waals surface area contributed by atoms with Crippen LogP contribution in [0.15, 0.2) is 0 Å². The van der Waals surface area contributed by atoms with Gasteiger partial charge in [0.1, 0.15) is 0 Å². The molecule has 106 valence electrons. The number of hydrogen-bond acceptors (Lipinski definition) is 3. The zero-order chi connectivity index (χ0) is 13.9. The van der Waals surface area contributed by atoms with Crippen molar-refractivity contribution in [2.75, 3.05) is 20.1 Å². The summed E-state index contributed by atoms with van der Waals surface area (Å²) in [5, 5.41) is 3.15. The zero-order valence-electron chi connectivity index (χ0n) is 12.5. The van der Waals surface area contributed by atoms with Gasteiger partial charge in [-0.25, -0.2) is 0 Å². The lowest BCUT2D eigenvalue weighted by Gasteiger charge is -2.35. The van der Waals surface area contributed by atoms with E-state index in [0.29, 0.717) is 18.4 Å². The third kappa shape index (κ3) is 4.58. The largest absolute Gasteiger partial charge is 0.353 e. The van der Waals surface area contributed by atoms with Crippen LogP contribution in [0.2, 0.25) is 0 Å². The van der Waals surface area contributed by atoms with Gasteiger partial charge in [-0.15, -0.1) is 0 Å². The highest BCUT2D eigenvalue weighted by Gasteiger charge is 2.28. The van der Waals surface area contributed by atoms with Crippen LogP contribution in [0.4, 0.5) is 0 Å². The molecule has 1 fully saturated rings. The molecule has 0 bridgehead atoms. The number of nitrogens with one attached hydrogen (secondary N) is 1. The highest BCUT2D eigenvalue weighted by Crippen LogP contribution is 2.20. The molecule has 4 heteroatoms. The summed E-state index contributed by atoms with van der Waals surface area (Å²) in [7, 11) is 2.13. The molecule has 0 aromatic carbocycles. The molecule has 0 aliphatic carbocycles. The van der Waals surface area contributed by atoms with E-state index in [0.717, 1.165) is 19.5 Å². The minimum atomic E-state index is -0.0842. The lowest BCUT2D eigenvalue weighted by atomic mass is 9.85. The van der Waals surface area contributed by atoms with Gasteiger partial charge in [0.2, 0.25) is 5.91 Å². The minimum Gasteiger partial charge on any atom is -0.353 e. The first-order valence-electron chi connectivity index (χ1n) is 6.93. The Bertz CT molecular complexity index is 285. The van der Waals surface area contributed by atoms with Crippen LogP contribution in [0.5, 0.6) is 0 Å². The lowest BCUT2D eigenvalue weighted by molar-refractivity contribution is -0.123. The van der Waals surface area contributed by atoms with Gasteiger partial charge in [0.15, 0.2) is 0 Å². The second kappa shape index (κ2) is 6.02. The van der Waals surface area contributed by atoms with Crippen LogP contribution in [0.3, 0.4) is 0 Å². The Hall–Kier alpha value is -0.610. The third-order valence-electron chi connectivity index (χ3n) is 3.97. The summed E-state index contributed by atoms with van der Waals surface area (Å²) >= 11 is 0. The minimum absolute atomic E-state index is 0.0181. The molecule has 1 heterocycles. The quantitative estimate of drug-likeness (QED) is 0.797. The van der Waals surface area contributed by atoms with E-state index in [4.69, 9.17) is 5.73 Å². The van der Waals surface area contributed by atoms with Crippen LogP contribution < -0.4 is 11.1 Å². The van der Waals surface area contributed by atoms with E-state index in [1.165, 1.54) is 0 Å². The molecule has 18 heavy (non-hydrogen) atoms. The van der Waals surface area contributed by atoms with E-state index in [9.17, 15) is 4.79 Å². The van der Waals surface area contributed by atoms with Crippen molar-refractivity contribution in [2.45, 2.75) is 52.6 Å². The van der Waals surface area contributed by atoms with Gasteiger partial charge in [-0.3, -0.25) is 4.79 Å². The molecule has 0 aromatic rings. The molecule has 1 amide bonds. The van der Waals surface area contributed by atoms with Crippen LogP contribution in [0, 0.1) is 11.3 Å². The molecule has 0 radical (unpaired) electrons. The number of likely N-dealkylation sites (tertiary alicyclic amines) is 1. The van der Waals surface area contributed by atoms with E-state index < -0.39 is 0 Å². The van der Waals surface area contributed by atoms with Crippen LogP contribution in [-0.2, 0) is 4.79 Å². The summed E-state index contributed by atoms with van der Waals surface area (Å²) in [5.74, 6) is 0.609. The van der Waals surface area contributed by atoms with E-state index in [1.54, 1.807) is 0 Å². The van der Waals surface area contributed by atoms with E-state index >= 15 is 0 Å². The Balaban J connectivity index is 2.41. The molecule has 3 unspecified atom stereocenters. The number of nitrogens with two attached hydrogens (primary N) is 1. The van der Waals surface area contributed by atoms with Gasteiger partial charge < -0.3 is 16.0 Å². The zero-order valence-corrected chi connectivity index (χ0v) is 12.5. The summed E-state index contributed by atoms with van der Waals surface area (Å²) in [4.78, 5) is 14.3. The number of carbonyl (C=O) groups excluding carboxylic acids is 1. The lowest BCUT2D eigenvalue weighted by Crippen LogP contribution is -2.50. The summed E-state index contributed by atoms with van der Waals surface area (Å²) in [6.07, 6.45) is 1.46. The fraction of sp³-hybridized carbons (Fsp3) is 0.929. The molecule has 1 rings (SSSR count). The van der Waals surface area contributed by atoms with Crippen molar-refractivity contribution >= 4 is 5.91 Å². The second-order valence-electron chi connectivity index (χ2n) is 6.88. The monoisotopic (exact) mass is 255 g/mol. The summed E-state index contributed by atoms with van der Waals surface area (Å²) in [6.45, 7) is 10.5. The maximum Gasteiger partial charge on any atom is 0.221 e. The van der Waals surface area contributed by atoms with Gasteiger partial charge >= 0.3 is 0 Å². The normalized spacial score (nSPS) is 27.9. The van der Waals surface area contributed by atoms with Gasteiger partial charge in [0.25, 0.3) is 0 Å². The molecule has 4 nitrogen and oxygen atoms in total. The Labute approximate surface area is 111 Å². The number of hydrogen-bond donors (Lipinski definition) is 2. The van der Waals surface area contributed by atoms with E-state index in [-0.39, 0.29) is 17.4 Å². The van der Waals surface area contributed by atoms with Crippen molar-refractivity contribution in [1.82, 2.24) is 10.2 Å². The van der Waals surface area contributed by atoms with Crippen molar-refractivity contribution in [1.29, 1.82) is 0 Å². The Morgan fingerprint density at radius 3 is 2.61 bits per heavy atom. The van der Waals surface area contributed by atoms with Gasteiger partial charge in [0.05, 0.1) is 0 Å². The summed E-state index contributed by atoms with van der Waals surface area (Å²) in [5.41, 5.74) is 6.03. The van der Waals surface area contributed by atoms with E-state index in [1.807, 2.05) is 0 Å². The molecule has 0 saturated carbocycles. The van der Waals surface area contributed by atoms with E-state index in [2.05, 4.69) is 45.0 Å². The van der Waals surface area contributed by atoms with Gasteiger partial charge in [0, 0.05) is 25.0 Å². The molecular weight excluding hydrogens is 226 g/mol. The average molecular weight is 255 g/mol. The molecule has 1 aliphatic rings. The van der Waals surface area contributed by atoms with Gasteiger partial charge in [-0.1, -0.05) is 27.7 Å².